The highest BCUT2D eigenvalue weighted by molar-refractivity contribution is 8.11. The number of hydrogen-bond acceptors (Lipinski definition) is 8. The summed E-state index contributed by atoms with van der Waals surface area (Å²) in [5.74, 6) is 0.614. The Hall–Kier alpha value is -2.45. The van der Waals surface area contributed by atoms with Crippen LogP contribution >= 0.6 is 33.4 Å². The summed E-state index contributed by atoms with van der Waals surface area (Å²) in [6.45, 7) is 0. The second-order valence-corrected chi connectivity index (χ2v) is 16.8. The van der Waals surface area contributed by atoms with Crippen LogP contribution < -0.4 is 14.5 Å². The summed E-state index contributed by atoms with van der Waals surface area (Å²) >= 11 is 3.42. The van der Waals surface area contributed by atoms with E-state index in [1.54, 1.807) is 46.4 Å². The van der Waals surface area contributed by atoms with Gasteiger partial charge in [0.25, 0.3) is 9.24 Å². The van der Waals surface area contributed by atoms with Gasteiger partial charge in [0, 0.05) is 29.8 Å². The lowest BCUT2D eigenvalue weighted by molar-refractivity contribution is 0.476. The van der Waals surface area contributed by atoms with Crippen LogP contribution in [0.5, 0.6) is 11.5 Å². The van der Waals surface area contributed by atoms with E-state index in [-0.39, 0.29) is 5.75 Å². The van der Waals surface area contributed by atoms with Crippen LogP contribution in [-0.4, -0.2) is 21.9 Å². The number of rotatable bonds is 4. The van der Waals surface area contributed by atoms with E-state index >= 15 is 0 Å². The largest absolute Gasteiger partial charge is 0.508 e. The van der Waals surface area contributed by atoms with E-state index in [0.717, 1.165) is 10.1 Å². The molecule has 0 saturated heterocycles. The van der Waals surface area contributed by atoms with Gasteiger partial charge in [0.2, 0.25) is 0 Å². The van der Waals surface area contributed by atoms with Crippen LogP contribution in [-0.2, 0) is 19.5 Å². The highest BCUT2D eigenvalue weighted by Crippen LogP contribution is 2.34. The topological polar surface area (TPSA) is 150 Å². The van der Waals surface area contributed by atoms with Gasteiger partial charge in [0.1, 0.15) is 11.5 Å². The molecule has 0 spiro atoms. The average molecular weight is 711 g/mol. The van der Waals surface area contributed by atoms with Gasteiger partial charge >= 0.3 is 10.3 Å². The van der Waals surface area contributed by atoms with Crippen molar-refractivity contribution in [2.75, 3.05) is 0 Å². The molecule has 2 aliphatic carbocycles. The van der Waals surface area contributed by atoms with Crippen molar-refractivity contribution in [3.05, 3.63) is 69.4 Å². The zero-order chi connectivity index (χ0) is 32.5. The Morgan fingerprint density at radius 3 is 1.53 bits per heavy atom. The molecule has 0 amide bonds. The summed E-state index contributed by atoms with van der Waals surface area (Å²) in [5, 5.41) is 20.8. The lowest BCUT2D eigenvalue weighted by atomic mass is 10.1. The van der Waals surface area contributed by atoms with E-state index in [1.165, 1.54) is 102 Å². The Morgan fingerprint density at radius 1 is 0.667 bits per heavy atom. The molecule has 0 radical (unpaired) electrons. The van der Waals surface area contributed by atoms with Crippen LogP contribution in [0.3, 0.4) is 0 Å². The van der Waals surface area contributed by atoms with Crippen LogP contribution in [0.25, 0.3) is 32.3 Å². The molecule has 4 aromatic rings. The summed E-state index contributed by atoms with van der Waals surface area (Å²) in [5.41, 5.74) is 3.12. The number of phenolic OH excluding ortho intramolecular Hbond substituents is 1. The normalized spacial score (nSPS) is 16.1. The van der Waals surface area contributed by atoms with Gasteiger partial charge in [-0.25, -0.2) is 5.14 Å². The van der Waals surface area contributed by atoms with E-state index in [1.807, 2.05) is 18.2 Å². The SMILES string of the molecule is NS(=O)(=O)Cl.NS(=O)(=O)Oc1ccc2cc(C=C3CCCCCC3)sc2c1.Oc1ccc2cc(C=C3CCCCCC3)sc2c1. The molecule has 2 saturated carbocycles. The zero-order valence-electron chi connectivity index (χ0n) is 24.9. The molecule has 6 rings (SSSR count). The molecule has 8 nitrogen and oxygen atoms in total. The predicted molar refractivity (Wildman–Crippen MR) is 189 cm³/mol. The Labute approximate surface area is 278 Å². The Bertz CT molecular complexity index is 1850. The highest BCUT2D eigenvalue weighted by Gasteiger charge is 2.10. The molecule has 0 bridgehead atoms. The molecular formula is C32H39ClN2O6S4. The van der Waals surface area contributed by atoms with Gasteiger partial charge in [-0.3, -0.25) is 0 Å². The lowest BCUT2D eigenvalue weighted by Gasteiger charge is -2.01. The van der Waals surface area contributed by atoms with E-state index in [0.29, 0.717) is 5.75 Å². The second-order valence-electron chi connectivity index (χ2n) is 11.2. The van der Waals surface area contributed by atoms with Crippen molar-refractivity contribution in [2.24, 2.45) is 10.3 Å². The van der Waals surface area contributed by atoms with Gasteiger partial charge in [-0.15, -0.1) is 22.7 Å². The first kappa shape index (κ1) is 35.4. The van der Waals surface area contributed by atoms with Gasteiger partial charge in [0.15, 0.2) is 0 Å². The fraction of sp³-hybridized carbons (Fsp3) is 0.375. The van der Waals surface area contributed by atoms with Crippen LogP contribution in [0.4, 0.5) is 0 Å². The molecule has 2 fully saturated rings. The molecule has 45 heavy (non-hydrogen) atoms. The van der Waals surface area contributed by atoms with Crippen molar-refractivity contribution >= 4 is 85.2 Å². The molecule has 0 aliphatic heterocycles. The lowest BCUT2D eigenvalue weighted by Crippen LogP contribution is -2.18. The number of fused-ring (bicyclic) bond motifs is 2. The van der Waals surface area contributed by atoms with Crippen LogP contribution in [0.1, 0.15) is 86.8 Å². The molecule has 2 heterocycles. The third-order valence-corrected chi connectivity index (χ3v) is 9.94. The van der Waals surface area contributed by atoms with Crippen molar-refractivity contribution in [2.45, 2.75) is 77.0 Å². The van der Waals surface area contributed by atoms with Crippen molar-refractivity contribution in [3.8, 4) is 11.5 Å². The number of thiophene rings is 2. The Kier molecular flexibility index (Phi) is 12.9. The molecule has 0 unspecified atom stereocenters. The minimum atomic E-state index is -3.97. The summed E-state index contributed by atoms with van der Waals surface area (Å²) in [4.78, 5) is 2.53. The highest BCUT2D eigenvalue weighted by atomic mass is 35.7. The first-order valence-corrected chi connectivity index (χ1v) is 20.4. The van der Waals surface area contributed by atoms with E-state index in [2.05, 4.69) is 40.1 Å². The van der Waals surface area contributed by atoms with Gasteiger partial charge < -0.3 is 9.29 Å². The molecule has 13 heteroatoms. The second kappa shape index (κ2) is 16.4. The summed E-state index contributed by atoms with van der Waals surface area (Å²) in [6, 6.07) is 15.2. The molecular weight excluding hydrogens is 672 g/mol. The van der Waals surface area contributed by atoms with Gasteiger partial charge in [0.05, 0.1) is 0 Å². The third-order valence-electron chi connectivity index (χ3n) is 7.43. The molecule has 244 valence electrons. The maximum atomic E-state index is 11.0. The first-order valence-electron chi connectivity index (χ1n) is 14.9. The fourth-order valence-corrected chi connectivity index (χ4v) is 8.00. The smallest absolute Gasteiger partial charge is 0.380 e. The number of benzene rings is 2. The fourth-order valence-electron chi connectivity index (χ4n) is 5.46. The van der Waals surface area contributed by atoms with Crippen LogP contribution in [0, 0.1) is 0 Å². The minimum Gasteiger partial charge on any atom is -0.508 e. The van der Waals surface area contributed by atoms with E-state index < -0.39 is 19.5 Å². The zero-order valence-corrected chi connectivity index (χ0v) is 28.9. The predicted octanol–water partition coefficient (Wildman–Crippen LogP) is 8.99. The van der Waals surface area contributed by atoms with Crippen molar-refractivity contribution in [3.63, 3.8) is 0 Å². The van der Waals surface area contributed by atoms with Gasteiger partial charge in [-0.2, -0.15) is 22.0 Å². The first-order chi connectivity index (χ1) is 21.3. The van der Waals surface area contributed by atoms with Gasteiger partial charge in [-0.1, -0.05) is 36.8 Å². The number of allylic oxidation sites excluding steroid dienone is 2. The standard InChI is InChI=1S/C16H19NO3S2.C16H18OS.ClH2NO2S/c17-22(18,19)20-14-8-7-13-10-15(21-16(13)11-14)9-12-5-3-1-2-4-6-12;17-14-8-7-13-10-15(18-16(13)11-14)9-12-5-3-1-2-4-6-12;1-5(2,3)4/h7-11H,1-6H2,(H2,17,18,19);7-11,17H,1-6H2;(H2,2,3,4). The number of halogens is 1. The minimum absolute atomic E-state index is 0.255. The third kappa shape index (κ3) is 13.1. The van der Waals surface area contributed by atoms with E-state index in [4.69, 9.17) is 9.32 Å². The summed E-state index contributed by atoms with van der Waals surface area (Å²) < 4.78 is 47.2. The maximum Gasteiger partial charge on any atom is 0.380 e. The Balaban J connectivity index is 0.000000181. The van der Waals surface area contributed by atoms with E-state index in [9.17, 15) is 21.9 Å². The van der Waals surface area contributed by atoms with Crippen molar-refractivity contribution in [1.29, 1.82) is 0 Å². The number of aromatic hydroxyl groups is 1. The number of hydrogen-bond donors (Lipinski definition) is 3. The monoisotopic (exact) mass is 710 g/mol. The summed E-state index contributed by atoms with van der Waals surface area (Å²) in [6.07, 6.45) is 20.2. The quantitative estimate of drug-likeness (QED) is 0.142. The van der Waals surface area contributed by atoms with Gasteiger partial charge in [-0.05, 0) is 123 Å². The average Bonchev–Trinajstić information content (AvgIpc) is 3.27. The maximum absolute atomic E-state index is 11.0. The number of phenols is 1. The summed E-state index contributed by atoms with van der Waals surface area (Å²) in [7, 11) is -3.39. The molecule has 2 aromatic heterocycles. The van der Waals surface area contributed by atoms with Crippen LogP contribution in [0.2, 0.25) is 0 Å². The Morgan fingerprint density at radius 2 is 1.09 bits per heavy atom. The molecule has 0 atom stereocenters. The molecule has 2 aromatic carbocycles. The molecule has 2 aliphatic rings. The van der Waals surface area contributed by atoms with Crippen molar-refractivity contribution in [1.82, 2.24) is 0 Å². The number of nitrogens with two attached hydrogens (primary N) is 2. The molecule has 5 N–H and O–H groups in total. The van der Waals surface area contributed by atoms with Crippen molar-refractivity contribution < 1.29 is 26.1 Å². The van der Waals surface area contributed by atoms with Crippen LogP contribution in [0.15, 0.2) is 59.7 Å².